The van der Waals surface area contributed by atoms with Crippen molar-refractivity contribution in [3.63, 3.8) is 0 Å². The van der Waals surface area contributed by atoms with Crippen molar-refractivity contribution in [1.82, 2.24) is 0 Å². The number of rotatable bonds is 3. The zero-order valence-electron chi connectivity index (χ0n) is 18.6. The Kier molecular flexibility index (Phi) is 6.74. The second kappa shape index (κ2) is 8.31. The van der Waals surface area contributed by atoms with Crippen LogP contribution in [0.3, 0.4) is 0 Å². The van der Waals surface area contributed by atoms with E-state index in [0.29, 0.717) is 10.6 Å². The molecule has 1 aromatic rings. The summed E-state index contributed by atoms with van der Waals surface area (Å²) in [4.78, 5) is 39.2. The fourth-order valence-electron chi connectivity index (χ4n) is 3.83. The summed E-state index contributed by atoms with van der Waals surface area (Å²) < 4.78 is 11.1. The first-order chi connectivity index (χ1) is 13.5. The van der Waals surface area contributed by atoms with E-state index in [9.17, 15) is 19.5 Å². The van der Waals surface area contributed by atoms with Crippen LogP contribution in [0.5, 0.6) is 0 Å². The zero-order chi connectivity index (χ0) is 23.1. The van der Waals surface area contributed by atoms with Crippen molar-refractivity contribution in [3.05, 3.63) is 34.9 Å². The largest absolute Gasteiger partial charge is 0.460 e. The van der Waals surface area contributed by atoms with E-state index in [2.05, 4.69) is 0 Å². The molecule has 0 aliphatic heterocycles. The molecule has 30 heavy (non-hydrogen) atoms. The summed E-state index contributed by atoms with van der Waals surface area (Å²) in [5.74, 6) is -5.22. The predicted molar refractivity (Wildman–Crippen MR) is 113 cm³/mol. The van der Waals surface area contributed by atoms with E-state index < -0.39 is 52.3 Å². The maximum absolute atomic E-state index is 13.2. The maximum Gasteiger partial charge on any atom is 0.317 e. The zero-order valence-corrected chi connectivity index (χ0v) is 19.4. The number of ketones is 1. The fourth-order valence-corrected chi connectivity index (χ4v) is 3.96. The van der Waals surface area contributed by atoms with Gasteiger partial charge in [-0.3, -0.25) is 14.4 Å². The molecule has 0 spiro atoms. The van der Waals surface area contributed by atoms with Crippen molar-refractivity contribution < 1.29 is 29.0 Å². The average Bonchev–Trinajstić information content (AvgIpc) is 2.50. The number of benzene rings is 1. The number of carbonyl (C=O) groups excluding carboxylic acids is 3. The normalized spacial score (nSPS) is 27.5. The molecule has 1 aliphatic carbocycles. The molecule has 6 nitrogen and oxygen atoms in total. The van der Waals surface area contributed by atoms with Crippen LogP contribution in [-0.4, -0.2) is 39.6 Å². The van der Waals surface area contributed by atoms with Gasteiger partial charge in [0.25, 0.3) is 0 Å². The van der Waals surface area contributed by atoms with Crippen LogP contribution >= 0.6 is 11.6 Å². The molecule has 0 saturated heterocycles. The number of aliphatic hydroxyl groups is 1. The third-order valence-electron chi connectivity index (χ3n) is 4.84. The molecular weight excluding hydrogens is 408 g/mol. The van der Waals surface area contributed by atoms with Gasteiger partial charge in [0.15, 0.2) is 5.78 Å². The lowest BCUT2D eigenvalue weighted by atomic mass is 9.61. The first kappa shape index (κ1) is 24.4. The SMILES string of the molecule is CC(C)(C)OC(=O)[C@H]1C(=O)C[C@](C)(O)[C@@H](C(=O)OC(C)(C)C)[C@H]1c1ccc(Cl)cc1. The first-order valence-electron chi connectivity index (χ1n) is 9.98. The fraction of sp³-hybridized carbons (Fsp3) is 0.609. The second-order valence-electron chi connectivity index (χ2n) is 10.1. The summed E-state index contributed by atoms with van der Waals surface area (Å²) in [6, 6.07) is 6.53. The monoisotopic (exact) mass is 438 g/mol. The minimum absolute atomic E-state index is 0.356. The summed E-state index contributed by atoms with van der Waals surface area (Å²) in [5.41, 5.74) is -2.79. The summed E-state index contributed by atoms with van der Waals surface area (Å²) >= 11 is 6.01. The van der Waals surface area contributed by atoms with Crippen molar-refractivity contribution in [1.29, 1.82) is 0 Å². The molecule has 166 valence electrons. The molecule has 1 fully saturated rings. The van der Waals surface area contributed by atoms with Crippen molar-refractivity contribution in [2.24, 2.45) is 11.8 Å². The van der Waals surface area contributed by atoms with Crippen LogP contribution in [0.4, 0.5) is 0 Å². The molecule has 4 atom stereocenters. The Morgan fingerprint density at radius 1 is 1.00 bits per heavy atom. The van der Waals surface area contributed by atoms with Gasteiger partial charge in [0.1, 0.15) is 17.1 Å². The van der Waals surface area contributed by atoms with Crippen LogP contribution in [0.1, 0.15) is 66.4 Å². The first-order valence-corrected chi connectivity index (χ1v) is 10.4. The van der Waals surface area contributed by atoms with Gasteiger partial charge in [-0.15, -0.1) is 0 Å². The van der Waals surface area contributed by atoms with E-state index in [0.717, 1.165) is 0 Å². The molecule has 1 aromatic carbocycles. The van der Waals surface area contributed by atoms with Crippen LogP contribution in [0, 0.1) is 11.8 Å². The Bertz CT molecular complexity index is 814. The highest BCUT2D eigenvalue weighted by Crippen LogP contribution is 2.47. The van der Waals surface area contributed by atoms with Crippen molar-refractivity contribution in [2.75, 3.05) is 0 Å². The minimum atomic E-state index is -1.69. The van der Waals surface area contributed by atoms with Gasteiger partial charge in [0, 0.05) is 17.4 Å². The molecule has 0 unspecified atom stereocenters. The van der Waals surface area contributed by atoms with Crippen LogP contribution in [0.2, 0.25) is 5.02 Å². The van der Waals surface area contributed by atoms with Crippen molar-refractivity contribution >= 4 is 29.3 Å². The Hall–Kier alpha value is -1.92. The second-order valence-corrected chi connectivity index (χ2v) is 10.5. The van der Waals surface area contributed by atoms with Crippen LogP contribution < -0.4 is 0 Å². The summed E-state index contributed by atoms with van der Waals surface area (Å²) in [7, 11) is 0. The minimum Gasteiger partial charge on any atom is -0.460 e. The van der Waals surface area contributed by atoms with Crippen LogP contribution in [0.25, 0.3) is 0 Å². The van der Waals surface area contributed by atoms with Crippen molar-refractivity contribution in [3.8, 4) is 0 Å². The standard InChI is InChI=1S/C23H31ClO6/c1-21(2,3)29-19(26)17-15(25)12-23(7,28)18(20(27)30-22(4,5)6)16(17)13-8-10-14(24)11-9-13/h8-11,16-18,28H,12H2,1-7H3/t16-,17-,18+,23-/m0/s1. The van der Waals surface area contributed by atoms with E-state index in [1.807, 2.05) is 0 Å². The quantitative estimate of drug-likeness (QED) is 0.565. The Morgan fingerprint density at radius 2 is 1.47 bits per heavy atom. The lowest BCUT2D eigenvalue weighted by molar-refractivity contribution is -0.182. The molecule has 1 saturated carbocycles. The summed E-state index contributed by atoms with van der Waals surface area (Å²) in [6.07, 6.45) is -0.356. The number of esters is 2. The molecule has 0 aromatic heterocycles. The predicted octanol–water partition coefficient (Wildman–Crippen LogP) is 4.06. The molecule has 0 amide bonds. The lowest BCUT2D eigenvalue weighted by Crippen LogP contribution is -2.56. The smallest absolute Gasteiger partial charge is 0.317 e. The maximum atomic E-state index is 13.2. The van der Waals surface area contributed by atoms with Crippen molar-refractivity contribution in [2.45, 2.75) is 77.6 Å². The van der Waals surface area contributed by atoms with Crippen LogP contribution in [0.15, 0.2) is 24.3 Å². The molecule has 1 aliphatic rings. The highest BCUT2D eigenvalue weighted by atomic mass is 35.5. The van der Waals surface area contributed by atoms with Gasteiger partial charge in [-0.1, -0.05) is 23.7 Å². The molecule has 1 N–H and O–H groups in total. The van der Waals surface area contributed by atoms with Gasteiger partial charge in [-0.2, -0.15) is 0 Å². The summed E-state index contributed by atoms with van der Waals surface area (Å²) in [6.45, 7) is 11.7. The topological polar surface area (TPSA) is 89.9 Å². The highest BCUT2D eigenvalue weighted by molar-refractivity contribution is 6.30. The molecule has 0 heterocycles. The highest BCUT2D eigenvalue weighted by Gasteiger charge is 2.57. The number of ether oxygens (including phenoxy) is 2. The average molecular weight is 439 g/mol. The lowest BCUT2D eigenvalue weighted by Gasteiger charge is -2.44. The Balaban J connectivity index is 2.62. The third-order valence-corrected chi connectivity index (χ3v) is 5.10. The molecule has 7 heteroatoms. The summed E-state index contributed by atoms with van der Waals surface area (Å²) in [5, 5.41) is 11.6. The van der Waals surface area contributed by atoms with E-state index in [1.165, 1.54) is 6.92 Å². The molecule has 0 bridgehead atoms. The van der Waals surface area contributed by atoms with Crippen LogP contribution in [-0.2, 0) is 23.9 Å². The molecule has 0 radical (unpaired) electrons. The van der Waals surface area contributed by atoms with Gasteiger partial charge < -0.3 is 14.6 Å². The van der Waals surface area contributed by atoms with Gasteiger partial charge in [-0.25, -0.2) is 0 Å². The van der Waals surface area contributed by atoms with E-state index in [-0.39, 0.29) is 6.42 Å². The van der Waals surface area contributed by atoms with Gasteiger partial charge in [0.2, 0.25) is 0 Å². The van der Waals surface area contributed by atoms with E-state index in [4.69, 9.17) is 21.1 Å². The van der Waals surface area contributed by atoms with Gasteiger partial charge in [0.05, 0.1) is 11.5 Å². The Morgan fingerprint density at radius 3 is 1.93 bits per heavy atom. The van der Waals surface area contributed by atoms with E-state index in [1.54, 1.807) is 65.8 Å². The number of halogens is 1. The molecule has 2 rings (SSSR count). The van der Waals surface area contributed by atoms with Gasteiger partial charge in [-0.05, 0) is 66.2 Å². The third kappa shape index (κ3) is 5.82. The van der Waals surface area contributed by atoms with Gasteiger partial charge >= 0.3 is 11.9 Å². The van der Waals surface area contributed by atoms with E-state index >= 15 is 0 Å². The number of carbonyl (C=O) groups is 3. The molecular formula is C23H31ClO6. The number of hydrogen-bond acceptors (Lipinski definition) is 6. The Labute approximate surface area is 182 Å². The number of hydrogen-bond donors (Lipinski definition) is 1. The number of Topliss-reactive ketones (excluding diaryl/α,β-unsaturated/α-hetero) is 1.